The van der Waals surface area contributed by atoms with Crippen molar-refractivity contribution in [1.82, 2.24) is 0 Å². The number of carboxylic acid groups (broad SMARTS) is 1. The van der Waals surface area contributed by atoms with E-state index < -0.39 is 5.97 Å². The molecule has 0 heterocycles. The van der Waals surface area contributed by atoms with Gasteiger partial charge in [0.2, 0.25) is 0 Å². The van der Waals surface area contributed by atoms with Crippen LogP contribution >= 0.6 is 12.4 Å². The summed E-state index contributed by atoms with van der Waals surface area (Å²) in [6.45, 7) is 6.14. The second-order valence-corrected chi connectivity index (χ2v) is 1.07. The molecule has 0 aromatic heterocycles. The normalized spacial score (nSPS) is 5.60. The van der Waals surface area contributed by atoms with Crippen molar-refractivity contribution in [3.8, 4) is 0 Å². The van der Waals surface area contributed by atoms with E-state index in [-0.39, 0.29) is 18.8 Å². The van der Waals surface area contributed by atoms with E-state index in [9.17, 15) is 4.79 Å². The van der Waals surface area contributed by atoms with Crippen LogP contribution in [0.25, 0.3) is 0 Å². The second-order valence-electron chi connectivity index (χ2n) is 1.07. The molecule has 0 fully saturated rings. The quantitative estimate of drug-likeness (QED) is 0.486. The fourth-order valence-electron chi connectivity index (χ4n) is 0.123. The summed E-state index contributed by atoms with van der Waals surface area (Å²) in [7, 11) is 0. The van der Waals surface area contributed by atoms with Gasteiger partial charge in [-0.25, -0.2) is 0 Å². The van der Waals surface area contributed by atoms with Crippen molar-refractivity contribution < 1.29 is 15.0 Å². The zero-order valence-electron chi connectivity index (χ0n) is 5.49. The molecule has 60 valence electrons. The maximum Gasteiger partial charge on any atom is 0.307 e. The third-order valence-corrected chi connectivity index (χ3v) is 0.319. The largest absolute Gasteiger partial charge is 0.516 e. The van der Waals surface area contributed by atoms with Crippen LogP contribution in [0.1, 0.15) is 6.42 Å². The number of aliphatic carboxylic acids is 1. The molecule has 4 heteroatoms. The summed E-state index contributed by atoms with van der Waals surface area (Å²) in [5.74, 6) is -0.829. The predicted octanol–water partition coefficient (Wildman–Crippen LogP) is 1.76. The summed E-state index contributed by atoms with van der Waals surface area (Å²) in [5.41, 5.74) is 0. The van der Waals surface area contributed by atoms with Crippen LogP contribution in [-0.2, 0) is 4.79 Å². The van der Waals surface area contributed by atoms with Gasteiger partial charge in [0.25, 0.3) is 0 Å². The minimum atomic E-state index is -0.829. The summed E-state index contributed by atoms with van der Waals surface area (Å²) in [5, 5.41) is 15.2. The van der Waals surface area contributed by atoms with Crippen LogP contribution in [0.3, 0.4) is 0 Å². The Balaban J connectivity index is -0.000000107. The SMILES string of the molecule is C=CCC(=O)O.C=CO.Cl. The molecule has 0 spiro atoms. The number of rotatable bonds is 2. The van der Waals surface area contributed by atoms with Crippen LogP contribution in [0.15, 0.2) is 25.5 Å². The van der Waals surface area contributed by atoms with Crippen LogP contribution in [-0.4, -0.2) is 16.2 Å². The Kier molecular flexibility index (Phi) is 25.1. The molecule has 0 radical (unpaired) electrons. The predicted molar refractivity (Wildman–Crippen MR) is 42.5 cm³/mol. The lowest BCUT2D eigenvalue weighted by molar-refractivity contribution is -0.135. The molecular weight excluding hydrogens is 156 g/mol. The lowest BCUT2D eigenvalue weighted by Crippen LogP contribution is -1.88. The van der Waals surface area contributed by atoms with Crippen molar-refractivity contribution >= 4 is 18.4 Å². The van der Waals surface area contributed by atoms with E-state index in [1.807, 2.05) is 0 Å². The lowest BCUT2D eigenvalue weighted by atomic mass is 10.4. The Bertz CT molecular complexity index is 101. The summed E-state index contributed by atoms with van der Waals surface area (Å²) >= 11 is 0. The Morgan fingerprint density at radius 2 is 1.80 bits per heavy atom. The van der Waals surface area contributed by atoms with Crippen LogP contribution in [0, 0.1) is 0 Å². The number of aliphatic hydroxyl groups excluding tert-OH is 1. The van der Waals surface area contributed by atoms with Gasteiger partial charge in [0.05, 0.1) is 12.7 Å². The van der Waals surface area contributed by atoms with Gasteiger partial charge in [0.15, 0.2) is 0 Å². The first kappa shape index (κ1) is 16.0. The van der Waals surface area contributed by atoms with Gasteiger partial charge in [-0.2, -0.15) is 0 Å². The van der Waals surface area contributed by atoms with Crippen molar-refractivity contribution in [3.63, 3.8) is 0 Å². The van der Waals surface area contributed by atoms with E-state index in [1.165, 1.54) is 6.08 Å². The number of hydrogen-bond donors (Lipinski definition) is 2. The molecule has 0 aliphatic rings. The van der Waals surface area contributed by atoms with Crippen LogP contribution in [0.5, 0.6) is 0 Å². The van der Waals surface area contributed by atoms with Crippen molar-refractivity contribution in [2.75, 3.05) is 0 Å². The Morgan fingerprint density at radius 3 is 1.80 bits per heavy atom. The molecule has 3 nitrogen and oxygen atoms in total. The van der Waals surface area contributed by atoms with E-state index >= 15 is 0 Å². The zero-order valence-corrected chi connectivity index (χ0v) is 6.30. The molecule has 0 bridgehead atoms. The Labute approximate surface area is 66.1 Å². The number of hydrogen-bond acceptors (Lipinski definition) is 2. The molecule has 0 aromatic carbocycles. The molecule has 0 aliphatic carbocycles. The van der Waals surface area contributed by atoms with E-state index in [4.69, 9.17) is 10.2 Å². The van der Waals surface area contributed by atoms with Crippen LogP contribution < -0.4 is 0 Å². The summed E-state index contributed by atoms with van der Waals surface area (Å²) in [6, 6.07) is 0. The number of halogens is 1. The summed E-state index contributed by atoms with van der Waals surface area (Å²) < 4.78 is 0. The average molecular weight is 167 g/mol. The molecule has 2 N–H and O–H groups in total. The number of carboxylic acids is 1. The van der Waals surface area contributed by atoms with Crippen molar-refractivity contribution in [3.05, 3.63) is 25.5 Å². The van der Waals surface area contributed by atoms with E-state index in [1.54, 1.807) is 0 Å². The van der Waals surface area contributed by atoms with Crippen molar-refractivity contribution in [2.45, 2.75) is 6.42 Å². The molecule has 10 heavy (non-hydrogen) atoms. The topological polar surface area (TPSA) is 57.5 Å². The molecule has 0 amide bonds. The molecule has 0 saturated heterocycles. The lowest BCUT2D eigenvalue weighted by Gasteiger charge is -1.75. The third-order valence-electron chi connectivity index (χ3n) is 0.319. The van der Waals surface area contributed by atoms with Gasteiger partial charge in [-0.05, 0) is 0 Å². The number of carbonyl (C=O) groups is 1. The molecule has 0 saturated carbocycles. The Morgan fingerprint density at radius 1 is 1.50 bits per heavy atom. The van der Waals surface area contributed by atoms with Crippen LogP contribution in [0.2, 0.25) is 0 Å². The summed E-state index contributed by atoms with van der Waals surface area (Å²) in [4.78, 5) is 9.53. The average Bonchev–Trinajstić information content (AvgIpc) is 1.67. The Hall–Kier alpha value is -0.960. The van der Waals surface area contributed by atoms with Gasteiger partial charge in [-0.15, -0.1) is 19.0 Å². The fourth-order valence-corrected chi connectivity index (χ4v) is 0.123. The van der Waals surface area contributed by atoms with Gasteiger partial charge in [0.1, 0.15) is 0 Å². The molecule has 0 rings (SSSR count). The van der Waals surface area contributed by atoms with Gasteiger partial charge in [-0.3, -0.25) is 4.79 Å². The number of aliphatic hydroxyl groups is 1. The molecule has 0 aromatic rings. The van der Waals surface area contributed by atoms with E-state index in [2.05, 4.69) is 13.2 Å². The first-order chi connectivity index (χ1) is 4.18. The summed E-state index contributed by atoms with van der Waals surface area (Å²) in [6.07, 6.45) is 2.16. The maximum absolute atomic E-state index is 9.53. The standard InChI is InChI=1S/C4H6O2.C2H4O.ClH/c1-2-3-4(5)6;1-2-3;/h2H,1,3H2,(H,5,6);2-3H,1H2;1H. The van der Waals surface area contributed by atoms with Crippen molar-refractivity contribution in [1.29, 1.82) is 0 Å². The van der Waals surface area contributed by atoms with Gasteiger partial charge < -0.3 is 10.2 Å². The fraction of sp³-hybridized carbons (Fsp3) is 0.167. The second kappa shape index (κ2) is 15.7. The highest BCUT2D eigenvalue weighted by Crippen LogP contribution is 1.74. The van der Waals surface area contributed by atoms with Crippen molar-refractivity contribution in [2.24, 2.45) is 0 Å². The third kappa shape index (κ3) is 61.7. The highest BCUT2D eigenvalue weighted by atomic mass is 35.5. The van der Waals surface area contributed by atoms with E-state index in [0.717, 1.165) is 6.26 Å². The smallest absolute Gasteiger partial charge is 0.307 e. The highest BCUT2D eigenvalue weighted by Gasteiger charge is 1.84. The minimum Gasteiger partial charge on any atom is -0.516 e. The zero-order chi connectivity index (χ0) is 7.70. The van der Waals surface area contributed by atoms with Crippen LogP contribution in [0.4, 0.5) is 0 Å². The first-order valence-electron chi connectivity index (χ1n) is 2.26. The highest BCUT2D eigenvalue weighted by molar-refractivity contribution is 5.85. The first-order valence-corrected chi connectivity index (χ1v) is 2.26. The molecule has 0 atom stereocenters. The maximum atomic E-state index is 9.53. The molecule has 0 unspecified atom stereocenters. The molecule has 0 aliphatic heterocycles. The monoisotopic (exact) mass is 166 g/mol. The molecular formula is C6H11ClO3. The van der Waals surface area contributed by atoms with Gasteiger partial charge in [0, 0.05) is 0 Å². The van der Waals surface area contributed by atoms with E-state index in [0.29, 0.717) is 0 Å². The minimum absolute atomic E-state index is 0. The van der Waals surface area contributed by atoms with Gasteiger partial charge in [-0.1, -0.05) is 12.7 Å². The van der Waals surface area contributed by atoms with Gasteiger partial charge >= 0.3 is 5.97 Å².